The molecule has 1 heterocycles. The Morgan fingerprint density at radius 1 is 1.07 bits per heavy atom. The molecule has 0 aliphatic heterocycles. The van der Waals surface area contributed by atoms with Gasteiger partial charge in [0.2, 0.25) is 0 Å². The third kappa shape index (κ3) is 6.23. The number of nitrogens with zero attached hydrogens (tertiary/aromatic N) is 1. The number of alkyl halides is 4. The van der Waals surface area contributed by atoms with E-state index < -0.39 is 52.7 Å². The summed E-state index contributed by atoms with van der Waals surface area (Å²) < 4.78 is 72.6. The first-order chi connectivity index (χ1) is 13.7. The molecule has 0 aliphatic carbocycles. The summed E-state index contributed by atoms with van der Waals surface area (Å²) in [6, 6.07) is 5.98. The van der Waals surface area contributed by atoms with Crippen molar-refractivity contribution < 1.29 is 35.9 Å². The molecule has 0 saturated heterocycles. The Morgan fingerprint density at radius 2 is 1.69 bits per heavy atom. The molecule has 2 rings (SSSR count). The van der Waals surface area contributed by atoms with Crippen LogP contribution < -0.4 is 5.32 Å². The summed E-state index contributed by atoms with van der Waals surface area (Å²) in [6.07, 6.45) is -3.47. The van der Waals surface area contributed by atoms with E-state index in [1.54, 1.807) is 23.5 Å². The Balaban J connectivity index is 2.12. The third-order valence-corrected chi connectivity index (χ3v) is 5.09. The van der Waals surface area contributed by atoms with Gasteiger partial charge < -0.3 is 10.4 Å². The molecule has 2 aromatic rings. The van der Waals surface area contributed by atoms with Crippen LogP contribution in [0.1, 0.15) is 17.4 Å². The highest BCUT2D eigenvalue weighted by molar-refractivity contribution is 7.90. The average molecular weight is 434 g/mol. The summed E-state index contributed by atoms with van der Waals surface area (Å²) >= 11 is 0. The lowest BCUT2D eigenvalue weighted by Crippen LogP contribution is -2.43. The van der Waals surface area contributed by atoms with Crippen molar-refractivity contribution >= 4 is 15.7 Å². The molecular weight excluding hydrogens is 416 g/mol. The highest BCUT2D eigenvalue weighted by atomic mass is 32.2. The number of carbonyl (C=O) groups excluding carboxylic acids is 1. The van der Waals surface area contributed by atoms with E-state index in [4.69, 9.17) is 0 Å². The lowest BCUT2D eigenvalue weighted by Gasteiger charge is -2.22. The van der Waals surface area contributed by atoms with Crippen molar-refractivity contribution in [3.8, 4) is 11.1 Å². The molecule has 29 heavy (non-hydrogen) atoms. The largest absolute Gasteiger partial charge is 0.386 e. The number of carbonyl (C=O) groups is 1. The number of hydrogen-bond acceptors (Lipinski definition) is 5. The Kier molecular flexibility index (Phi) is 7.68. The van der Waals surface area contributed by atoms with Crippen molar-refractivity contribution in [2.75, 3.05) is 12.7 Å². The number of amides is 1. The van der Waals surface area contributed by atoms with Crippen LogP contribution in [0.25, 0.3) is 11.1 Å². The predicted octanol–water partition coefficient (Wildman–Crippen LogP) is 2.34. The van der Waals surface area contributed by atoms with Gasteiger partial charge in [0.05, 0.1) is 17.5 Å². The van der Waals surface area contributed by atoms with Gasteiger partial charge in [0.25, 0.3) is 5.91 Å². The van der Waals surface area contributed by atoms with E-state index in [0.29, 0.717) is 11.1 Å². The Morgan fingerprint density at radius 3 is 2.17 bits per heavy atom. The number of aromatic nitrogens is 1. The monoisotopic (exact) mass is 434 g/mol. The zero-order valence-electron chi connectivity index (χ0n) is 14.9. The molecule has 0 fully saturated rings. The standard InChI is InChI=1S/C18H18F4N2O4S/c19-7-15(24-18(26)17(21)22)16(25)12-3-1-11(2-4-12)13-5-6-14(23-8-13)9-29(27,28)10-20/h1-6,8,15-17,25H,7,9-10H2,(H,24,26). The molecule has 6 nitrogen and oxygen atoms in total. The van der Waals surface area contributed by atoms with Crippen molar-refractivity contribution in [2.24, 2.45) is 0 Å². The van der Waals surface area contributed by atoms with Crippen molar-refractivity contribution in [1.29, 1.82) is 0 Å². The molecular formula is C18H18F4N2O4S. The van der Waals surface area contributed by atoms with E-state index in [1.165, 1.54) is 24.4 Å². The second kappa shape index (κ2) is 9.79. The number of rotatable bonds is 9. The van der Waals surface area contributed by atoms with Gasteiger partial charge in [-0.1, -0.05) is 30.3 Å². The van der Waals surface area contributed by atoms with E-state index >= 15 is 0 Å². The average Bonchev–Trinajstić information content (AvgIpc) is 2.71. The fourth-order valence-electron chi connectivity index (χ4n) is 2.50. The van der Waals surface area contributed by atoms with Gasteiger partial charge in [0.15, 0.2) is 15.8 Å². The predicted molar refractivity (Wildman–Crippen MR) is 97.1 cm³/mol. The Hall–Kier alpha value is -2.53. The van der Waals surface area contributed by atoms with Gasteiger partial charge in [-0.3, -0.25) is 9.78 Å². The zero-order valence-corrected chi connectivity index (χ0v) is 15.8. The van der Waals surface area contributed by atoms with Crippen LogP contribution in [0.3, 0.4) is 0 Å². The minimum absolute atomic E-state index is 0.180. The molecule has 0 aliphatic rings. The summed E-state index contributed by atoms with van der Waals surface area (Å²) in [5.74, 6) is -2.20. The SMILES string of the molecule is O=C(NC(CF)C(O)c1ccc(-c2ccc(CS(=O)(=O)CF)nc2)cc1)C(F)F. The molecule has 158 valence electrons. The van der Waals surface area contributed by atoms with Gasteiger partial charge in [-0.05, 0) is 17.2 Å². The number of halogens is 4. The van der Waals surface area contributed by atoms with Crippen molar-refractivity contribution in [3.05, 3.63) is 53.9 Å². The summed E-state index contributed by atoms with van der Waals surface area (Å²) in [6.45, 7) is -1.24. The third-order valence-electron chi connectivity index (χ3n) is 4.02. The quantitative estimate of drug-likeness (QED) is 0.591. The molecule has 2 N–H and O–H groups in total. The first-order valence-electron chi connectivity index (χ1n) is 8.31. The number of nitrogens with one attached hydrogen (secondary N) is 1. The van der Waals surface area contributed by atoms with Crippen LogP contribution in [0.5, 0.6) is 0 Å². The maximum absolute atomic E-state index is 13.0. The molecule has 2 unspecified atom stereocenters. The van der Waals surface area contributed by atoms with Crippen LogP contribution in [0, 0.1) is 0 Å². The minimum atomic E-state index is -3.85. The number of hydrogen-bond donors (Lipinski definition) is 2. The molecule has 11 heteroatoms. The normalized spacial score (nSPS) is 13.9. The minimum Gasteiger partial charge on any atom is -0.386 e. The maximum atomic E-state index is 13.0. The summed E-state index contributed by atoms with van der Waals surface area (Å²) in [4.78, 5) is 15.0. The van der Waals surface area contributed by atoms with Gasteiger partial charge >= 0.3 is 6.43 Å². The summed E-state index contributed by atoms with van der Waals surface area (Å²) in [7, 11) is -3.85. The number of pyridine rings is 1. The second-order valence-electron chi connectivity index (χ2n) is 6.17. The topological polar surface area (TPSA) is 96.4 Å². The lowest BCUT2D eigenvalue weighted by atomic mass is 9.99. The first kappa shape index (κ1) is 22.8. The Bertz CT molecular complexity index is 922. The summed E-state index contributed by atoms with van der Waals surface area (Å²) in [5.41, 5.74) is 1.60. The van der Waals surface area contributed by atoms with Crippen LogP contribution in [0.4, 0.5) is 17.6 Å². The van der Waals surface area contributed by atoms with Gasteiger partial charge in [-0.25, -0.2) is 17.2 Å². The van der Waals surface area contributed by atoms with Gasteiger partial charge in [0, 0.05) is 11.8 Å². The van der Waals surface area contributed by atoms with Gasteiger partial charge in [0.1, 0.15) is 12.8 Å². The van der Waals surface area contributed by atoms with Crippen molar-refractivity contribution in [2.45, 2.75) is 24.3 Å². The summed E-state index contributed by atoms with van der Waals surface area (Å²) in [5, 5.41) is 11.9. The number of aliphatic hydroxyl groups excluding tert-OH is 1. The molecule has 1 aromatic carbocycles. The fraction of sp³-hybridized carbons (Fsp3) is 0.333. The zero-order chi connectivity index (χ0) is 21.6. The van der Waals surface area contributed by atoms with Crippen molar-refractivity contribution in [3.63, 3.8) is 0 Å². The molecule has 0 bridgehead atoms. The van der Waals surface area contributed by atoms with Crippen LogP contribution in [0.15, 0.2) is 42.6 Å². The number of sulfone groups is 1. The lowest BCUT2D eigenvalue weighted by molar-refractivity contribution is -0.133. The highest BCUT2D eigenvalue weighted by Crippen LogP contribution is 2.24. The first-order valence-corrected chi connectivity index (χ1v) is 10.1. The molecule has 2 atom stereocenters. The van der Waals surface area contributed by atoms with Crippen LogP contribution in [-0.4, -0.2) is 49.6 Å². The number of aliphatic hydroxyl groups is 1. The van der Waals surface area contributed by atoms with E-state index in [9.17, 15) is 35.9 Å². The van der Waals surface area contributed by atoms with Crippen molar-refractivity contribution in [1.82, 2.24) is 10.3 Å². The molecule has 1 aromatic heterocycles. The maximum Gasteiger partial charge on any atom is 0.315 e. The molecule has 0 spiro atoms. The molecule has 0 radical (unpaired) electrons. The van der Waals surface area contributed by atoms with Gasteiger partial charge in [-0.15, -0.1) is 0 Å². The smallest absolute Gasteiger partial charge is 0.315 e. The van der Waals surface area contributed by atoms with Crippen LogP contribution in [0.2, 0.25) is 0 Å². The van der Waals surface area contributed by atoms with Gasteiger partial charge in [-0.2, -0.15) is 8.78 Å². The van der Waals surface area contributed by atoms with E-state index in [-0.39, 0.29) is 11.3 Å². The second-order valence-corrected chi connectivity index (χ2v) is 8.17. The van der Waals surface area contributed by atoms with Crippen LogP contribution >= 0.6 is 0 Å². The molecule has 0 saturated carbocycles. The van der Waals surface area contributed by atoms with E-state index in [0.717, 1.165) is 0 Å². The van der Waals surface area contributed by atoms with E-state index in [2.05, 4.69) is 4.98 Å². The van der Waals surface area contributed by atoms with Crippen LogP contribution in [-0.2, 0) is 20.4 Å². The highest BCUT2D eigenvalue weighted by Gasteiger charge is 2.26. The Labute approximate surface area is 164 Å². The fourth-order valence-corrected chi connectivity index (χ4v) is 3.20. The molecule has 1 amide bonds. The van der Waals surface area contributed by atoms with E-state index in [1.807, 2.05) is 0 Å². The number of benzene rings is 1.